The van der Waals surface area contributed by atoms with Crippen LogP contribution in [0.25, 0.3) is 0 Å². The third kappa shape index (κ3) is 2.55. The van der Waals surface area contributed by atoms with Crippen molar-refractivity contribution >= 4 is 21.9 Å². The average molecular weight is 287 g/mol. The van der Waals surface area contributed by atoms with Gasteiger partial charge >= 0.3 is 5.97 Å². The highest BCUT2D eigenvalue weighted by Crippen LogP contribution is 2.35. The molecule has 16 heavy (non-hydrogen) atoms. The summed E-state index contributed by atoms with van der Waals surface area (Å²) in [6.07, 6.45) is 0.863. The smallest absolute Gasteiger partial charge is 0.310 e. The monoisotopic (exact) mass is 286 g/mol. The van der Waals surface area contributed by atoms with Gasteiger partial charge in [-0.25, -0.2) is 0 Å². The molecule has 1 N–H and O–H groups in total. The van der Waals surface area contributed by atoms with Crippen molar-refractivity contribution in [3.63, 3.8) is 0 Å². The Labute approximate surface area is 104 Å². The topological polar surface area (TPSA) is 46.5 Å². The third-order valence-corrected chi connectivity index (χ3v) is 3.17. The first-order valence-corrected chi connectivity index (χ1v) is 5.89. The number of benzene rings is 1. The van der Waals surface area contributed by atoms with Gasteiger partial charge < -0.3 is 9.84 Å². The van der Waals surface area contributed by atoms with Gasteiger partial charge in [0.2, 0.25) is 0 Å². The van der Waals surface area contributed by atoms with E-state index in [4.69, 9.17) is 9.84 Å². The number of aliphatic carboxylic acids is 1. The molecule has 0 amide bonds. The number of carbonyl (C=O) groups is 1. The average Bonchev–Trinajstić information content (AvgIpc) is 2.26. The van der Waals surface area contributed by atoms with E-state index in [0.29, 0.717) is 11.3 Å². The largest absolute Gasteiger partial charge is 0.495 e. The Balaban J connectivity index is 3.33. The molecule has 0 spiro atoms. The molecule has 3 nitrogen and oxygen atoms in total. The minimum atomic E-state index is -0.849. The number of ether oxygens (including phenoxy) is 1. The van der Waals surface area contributed by atoms with Gasteiger partial charge in [0, 0.05) is 5.56 Å². The van der Waals surface area contributed by atoms with Gasteiger partial charge in [0.15, 0.2) is 0 Å². The van der Waals surface area contributed by atoms with Gasteiger partial charge in [0.1, 0.15) is 5.75 Å². The second kappa shape index (κ2) is 5.34. The Morgan fingerprint density at radius 1 is 1.56 bits per heavy atom. The summed E-state index contributed by atoms with van der Waals surface area (Å²) in [5.41, 5.74) is 1.80. The zero-order valence-corrected chi connectivity index (χ0v) is 11.2. The van der Waals surface area contributed by atoms with Gasteiger partial charge in [-0.2, -0.15) is 0 Å². The van der Waals surface area contributed by atoms with Crippen LogP contribution in [0.2, 0.25) is 0 Å². The lowest BCUT2D eigenvalue weighted by atomic mass is 9.97. The number of methoxy groups -OCH3 is 1. The molecule has 0 aliphatic heterocycles. The molecule has 0 aromatic heterocycles. The molecule has 1 rings (SSSR count). The van der Waals surface area contributed by atoms with Gasteiger partial charge in [0.05, 0.1) is 17.5 Å². The van der Waals surface area contributed by atoms with Crippen LogP contribution in [-0.4, -0.2) is 18.2 Å². The summed E-state index contributed by atoms with van der Waals surface area (Å²) in [5.74, 6) is -0.816. The Morgan fingerprint density at radius 2 is 2.19 bits per heavy atom. The van der Waals surface area contributed by atoms with Crippen LogP contribution in [0.15, 0.2) is 16.6 Å². The summed E-state index contributed by atoms with van der Waals surface area (Å²) in [7, 11) is 1.55. The van der Waals surface area contributed by atoms with Crippen molar-refractivity contribution in [3.8, 4) is 5.75 Å². The van der Waals surface area contributed by atoms with Crippen LogP contribution in [-0.2, 0) is 11.2 Å². The predicted octanol–water partition coefficient (Wildman–Crippen LogP) is 3.21. The third-order valence-electron chi connectivity index (χ3n) is 2.58. The van der Waals surface area contributed by atoms with E-state index in [9.17, 15) is 4.79 Å². The van der Waals surface area contributed by atoms with Gasteiger partial charge in [-0.3, -0.25) is 4.79 Å². The minimum absolute atomic E-state index is 0.572. The predicted molar refractivity (Wildman–Crippen MR) is 66.1 cm³/mol. The van der Waals surface area contributed by atoms with E-state index in [1.165, 1.54) is 0 Å². The Bertz CT molecular complexity index is 401. The number of hydrogen-bond donors (Lipinski definition) is 1. The van der Waals surface area contributed by atoms with Crippen LogP contribution in [0.5, 0.6) is 5.75 Å². The molecule has 0 radical (unpaired) electrons. The molecule has 88 valence electrons. The lowest BCUT2D eigenvalue weighted by Crippen LogP contribution is -2.09. The van der Waals surface area contributed by atoms with Gasteiger partial charge in [-0.15, -0.1) is 0 Å². The summed E-state index contributed by atoms with van der Waals surface area (Å²) in [4.78, 5) is 11.0. The van der Waals surface area contributed by atoms with Crippen LogP contribution in [0.3, 0.4) is 0 Å². The van der Waals surface area contributed by atoms with Crippen LogP contribution in [0.1, 0.15) is 30.9 Å². The number of halogens is 1. The first-order valence-electron chi connectivity index (χ1n) is 5.10. The fourth-order valence-corrected chi connectivity index (χ4v) is 2.23. The molecule has 4 heteroatoms. The molecule has 0 fully saturated rings. The lowest BCUT2D eigenvalue weighted by molar-refractivity contribution is -0.138. The zero-order chi connectivity index (χ0) is 12.3. The standard InChI is InChI=1S/C12H15BrO3/c1-4-8-5-9(7(2)12(14)15)11(16-3)10(13)6-8/h5-7H,4H2,1-3H3,(H,14,15). The quantitative estimate of drug-likeness (QED) is 0.925. The molecule has 0 aliphatic carbocycles. The minimum Gasteiger partial charge on any atom is -0.495 e. The van der Waals surface area contributed by atoms with Crippen molar-refractivity contribution in [1.29, 1.82) is 0 Å². The van der Waals surface area contributed by atoms with Gasteiger partial charge in [-0.05, 0) is 40.9 Å². The van der Waals surface area contributed by atoms with Gasteiger partial charge in [-0.1, -0.05) is 13.0 Å². The summed E-state index contributed by atoms with van der Waals surface area (Å²) in [6.45, 7) is 3.69. The zero-order valence-electron chi connectivity index (χ0n) is 9.58. The molecule has 0 bridgehead atoms. The summed E-state index contributed by atoms with van der Waals surface area (Å²) in [6, 6.07) is 3.85. The van der Waals surface area contributed by atoms with Crippen LogP contribution in [0, 0.1) is 0 Å². The number of carboxylic acid groups (broad SMARTS) is 1. The van der Waals surface area contributed by atoms with Crippen molar-refractivity contribution in [1.82, 2.24) is 0 Å². The molecule has 0 aliphatic rings. The number of rotatable bonds is 4. The first-order chi connectivity index (χ1) is 7.51. The fraction of sp³-hybridized carbons (Fsp3) is 0.417. The maximum absolute atomic E-state index is 11.0. The molecular weight excluding hydrogens is 272 g/mol. The Kier molecular flexibility index (Phi) is 4.35. The molecule has 1 atom stereocenters. The summed E-state index contributed by atoms with van der Waals surface area (Å²) < 4.78 is 6.04. The second-order valence-electron chi connectivity index (χ2n) is 3.61. The SMILES string of the molecule is CCc1cc(Br)c(OC)c(C(C)C(=O)O)c1. The highest BCUT2D eigenvalue weighted by atomic mass is 79.9. The summed E-state index contributed by atoms with van der Waals surface area (Å²) >= 11 is 3.40. The van der Waals surface area contributed by atoms with Crippen LogP contribution in [0.4, 0.5) is 0 Å². The maximum atomic E-state index is 11.0. The van der Waals surface area contributed by atoms with E-state index in [1.807, 2.05) is 19.1 Å². The van der Waals surface area contributed by atoms with Crippen molar-refractivity contribution in [3.05, 3.63) is 27.7 Å². The summed E-state index contributed by atoms with van der Waals surface area (Å²) in [5, 5.41) is 9.04. The van der Waals surface area contributed by atoms with Crippen molar-refractivity contribution < 1.29 is 14.6 Å². The first kappa shape index (κ1) is 13.0. The van der Waals surface area contributed by atoms with E-state index in [2.05, 4.69) is 15.9 Å². The molecule has 0 heterocycles. The van der Waals surface area contributed by atoms with E-state index in [0.717, 1.165) is 16.5 Å². The lowest BCUT2D eigenvalue weighted by Gasteiger charge is -2.15. The van der Waals surface area contributed by atoms with E-state index < -0.39 is 11.9 Å². The van der Waals surface area contributed by atoms with Crippen molar-refractivity contribution in [2.45, 2.75) is 26.2 Å². The number of aryl methyl sites for hydroxylation is 1. The van der Waals surface area contributed by atoms with Crippen LogP contribution >= 0.6 is 15.9 Å². The molecule has 0 saturated carbocycles. The van der Waals surface area contributed by atoms with E-state index in [1.54, 1.807) is 14.0 Å². The maximum Gasteiger partial charge on any atom is 0.310 e. The number of hydrogen-bond acceptors (Lipinski definition) is 2. The highest BCUT2D eigenvalue weighted by Gasteiger charge is 2.20. The van der Waals surface area contributed by atoms with Gasteiger partial charge in [0.25, 0.3) is 0 Å². The normalized spacial score (nSPS) is 12.2. The molecule has 1 aromatic rings. The van der Waals surface area contributed by atoms with E-state index >= 15 is 0 Å². The fourth-order valence-electron chi connectivity index (χ4n) is 1.55. The molecule has 1 aromatic carbocycles. The number of carboxylic acids is 1. The van der Waals surface area contributed by atoms with Crippen molar-refractivity contribution in [2.75, 3.05) is 7.11 Å². The Morgan fingerprint density at radius 3 is 2.62 bits per heavy atom. The van der Waals surface area contributed by atoms with Crippen LogP contribution < -0.4 is 4.74 Å². The highest BCUT2D eigenvalue weighted by molar-refractivity contribution is 9.10. The van der Waals surface area contributed by atoms with Crippen molar-refractivity contribution in [2.24, 2.45) is 0 Å². The Hall–Kier alpha value is -1.03. The molecule has 0 saturated heterocycles. The second-order valence-corrected chi connectivity index (χ2v) is 4.47. The molecular formula is C12H15BrO3. The molecule has 1 unspecified atom stereocenters. The van der Waals surface area contributed by atoms with E-state index in [-0.39, 0.29) is 0 Å².